The van der Waals surface area contributed by atoms with Gasteiger partial charge in [0.2, 0.25) is 0 Å². The summed E-state index contributed by atoms with van der Waals surface area (Å²) in [6.45, 7) is 4.16. The first-order valence-corrected chi connectivity index (χ1v) is 5.97. The van der Waals surface area contributed by atoms with Crippen molar-refractivity contribution in [3.05, 3.63) is 34.6 Å². The molecule has 0 bridgehead atoms. The number of rotatable bonds is 6. The monoisotopic (exact) mass is 294 g/mol. The summed E-state index contributed by atoms with van der Waals surface area (Å²) >= 11 is 5.70. The molecule has 6 heteroatoms. The van der Waals surface area contributed by atoms with Crippen molar-refractivity contribution >= 4 is 29.9 Å². The molecule has 0 aliphatic carbocycles. The van der Waals surface area contributed by atoms with Crippen molar-refractivity contribution in [3.63, 3.8) is 0 Å². The van der Waals surface area contributed by atoms with Gasteiger partial charge in [-0.3, -0.25) is 4.79 Å². The van der Waals surface area contributed by atoms with Crippen molar-refractivity contribution in [2.45, 2.75) is 13.3 Å². The van der Waals surface area contributed by atoms with E-state index in [-0.39, 0.29) is 28.9 Å². The molecular formula is C12H17Cl2FN2O. The first-order valence-electron chi connectivity index (χ1n) is 5.59. The molecule has 1 aromatic carbocycles. The fraction of sp³-hybridized carbons (Fsp3) is 0.417. The highest BCUT2D eigenvalue weighted by Gasteiger charge is 2.12. The highest BCUT2D eigenvalue weighted by Crippen LogP contribution is 2.19. The Hall–Kier alpha value is -0.840. The van der Waals surface area contributed by atoms with Crippen molar-refractivity contribution in [2.24, 2.45) is 0 Å². The van der Waals surface area contributed by atoms with E-state index in [4.69, 9.17) is 11.6 Å². The Morgan fingerprint density at radius 2 is 2.06 bits per heavy atom. The molecule has 0 saturated carbocycles. The third kappa shape index (κ3) is 5.21. The van der Waals surface area contributed by atoms with Gasteiger partial charge in [-0.2, -0.15) is 0 Å². The molecule has 2 N–H and O–H groups in total. The summed E-state index contributed by atoms with van der Waals surface area (Å²) < 4.78 is 13.1. The quantitative estimate of drug-likeness (QED) is 0.792. The number of hydrogen-bond donors (Lipinski definition) is 2. The summed E-state index contributed by atoms with van der Waals surface area (Å²) in [6, 6.07) is 4.19. The van der Waals surface area contributed by atoms with Gasteiger partial charge in [0, 0.05) is 13.1 Å². The minimum Gasteiger partial charge on any atom is -0.351 e. The lowest BCUT2D eigenvalue weighted by atomic mass is 10.2. The van der Waals surface area contributed by atoms with Crippen LogP contribution in [0.5, 0.6) is 0 Å². The molecule has 0 heterocycles. The molecular weight excluding hydrogens is 278 g/mol. The first kappa shape index (κ1) is 17.2. The standard InChI is InChI=1S/C12H16ClFN2O.ClH/c1-2-6-15-7-8-16-12(17)9-4-3-5-10(14)11(9)13;/h3-5,15H,2,6-8H2,1H3,(H,16,17);1H. The van der Waals surface area contributed by atoms with Crippen LogP contribution >= 0.6 is 24.0 Å². The second kappa shape index (κ2) is 9.14. The third-order valence-electron chi connectivity index (χ3n) is 2.21. The minimum absolute atomic E-state index is 0. The lowest BCUT2D eigenvalue weighted by molar-refractivity contribution is 0.0953. The Morgan fingerprint density at radius 1 is 1.33 bits per heavy atom. The van der Waals surface area contributed by atoms with Gasteiger partial charge in [0.15, 0.2) is 0 Å². The van der Waals surface area contributed by atoms with Gasteiger partial charge in [-0.05, 0) is 25.1 Å². The zero-order chi connectivity index (χ0) is 12.7. The third-order valence-corrected chi connectivity index (χ3v) is 2.59. The Morgan fingerprint density at radius 3 is 2.72 bits per heavy atom. The van der Waals surface area contributed by atoms with Crippen LogP contribution in [-0.4, -0.2) is 25.5 Å². The van der Waals surface area contributed by atoms with Crippen molar-refractivity contribution in [1.29, 1.82) is 0 Å². The molecule has 0 unspecified atom stereocenters. The van der Waals surface area contributed by atoms with Crippen molar-refractivity contribution in [1.82, 2.24) is 10.6 Å². The number of amides is 1. The maximum Gasteiger partial charge on any atom is 0.252 e. The minimum atomic E-state index is -0.580. The highest BCUT2D eigenvalue weighted by molar-refractivity contribution is 6.34. The van der Waals surface area contributed by atoms with Crippen molar-refractivity contribution in [3.8, 4) is 0 Å². The van der Waals surface area contributed by atoms with Crippen molar-refractivity contribution in [2.75, 3.05) is 19.6 Å². The molecule has 18 heavy (non-hydrogen) atoms. The maximum absolute atomic E-state index is 13.1. The number of halogens is 3. The van der Waals surface area contributed by atoms with E-state index < -0.39 is 5.82 Å². The maximum atomic E-state index is 13.1. The van der Waals surface area contributed by atoms with Crippen LogP contribution in [-0.2, 0) is 0 Å². The molecule has 102 valence electrons. The molecule has 1 aromatic rings. The molecule has 0 aliphatic rings. The average molecular weight is 295 g/mol. The SMILES string of the molecule is CCCNCCNC(=O)c1cccc(F)c1Cl.Cl. The zero-order valence-corrected chi connectivity index (χ0v) is 11.7. The summed E-state index contributed by atoms with van der Waals surface area (Å²) in [5, 5.41) is 5.69. The molecule has 0 fully saturated rings. The first-order chi connectivity index (χ1) is 8.16. The fourth-order valence-corrected chi connectivity index (χ4v) is 1.55. The molecule has 3 nitrogen and oxygen atoms in total. The van der Waals surface area contributed by atoms with Gasteiger partial charge >= 0.3 is 0 Å². The van der Waals surface area contributed by atoms with Gasteiger partial charge < -0.3 is 10.6 Å². The van der Waals surface area contributed by atoms with E-state index in [0.717, 1.165) is 13.0 Å². The van der Waals surface area contributed by atoms with Crippen LogP contribution in [0.15, 0.2) is 18.2 Å². The molecule has 0 saturated heterocycles. The predicted molar refractivity (Wildman–Crippen MR) is 74.2 cm³/mol. The lowest BCUT2D eigenvalue weighted by Crippen LogP contribution is -2.32. The van der Waals surface area contributed by atoms with Crippen LogP contribution in [0.4, 0.5) is 4.39 Å². The summed E-state index contributed by atoms with van der Waals surface area (Å²) in [6.07, 6.45) is 1.05. The average Bonchev–Trinajstić information content (AvgIpc) is 2.32. The fourth-order valence-electron chi connectivity index (χ4n) is 1.34. The summed E-state index contributed by atoms with van der Waals surface area (Å²) in [4.78, 5) is 11.7. The molecule has 0 spiro atoms. The molecule has 0 aliphatic heterocycles. The normalized spacial score (nSPS) is 9.72. The molecule has 0 aromatic heterocycles. The lowest BCUT2D eigenvalue weighted by Gasteiger charge is -2.07. The topological polar surface area (TPSA) is 41.1 Å². The van der Waals surface area contributed by atoms with E-state index >= 15 is 0 Å². The summed E-state index contributed by atoms with van der Waals surface area (Å²) in [5.41, 5.74) is 0.169. The smallest absolute Gasteiger partial charge is 0.252 e. The van der Waals surface area contributed by atoms with Crippen LogP contribution in [0.2, 0.25) is 5.02 Å². The second-order valence-electron chi connectivity index (χ2n) is 3.61. The van der Waals surface area contributed by atoms with Gasteiger partial charge in [-0.1, -0.05) is 24.6 Å². The molecule has 0 atom stereocenters. The van der Waals surface area contributed by atoms with E-state index in [1.165, 1.54) is 18.2 Å². The van der Waals surface area contributed by atoms with E-state index in [1.807, 2.05) is 0 Å². The second-order valence-corrected chi connectivity index (χ2v) is 3.99. The van der Waals surface area contributed by atoms with Crippen LogP contribution in [0.3, 0.4) is 0 Å². The van der Waals surface area contributed by atoms with Gasteiger partial charge in [-0.25, -0.2) is 4.39 Å². The Bertz CT molecular complexity index is 388. The van der Waals surface area contributed by atoms with E-state index in [2.05, 4.69) is 17.6 Å². The molecule has 1 amide bonds. The Kier molecular flexibility index (Phi) is 8.71. The zero-order valence-electron chi connectivity index (χ0n) is 10.1. The number of benzene rings is 1. The molecule has 0 radical (unpaired) electrons. The van der Waals surface area contributed by atoms with Gasteiger partial charge in [0.1, 0.15) is 5.82 Å². The van der Waals surface area contributed by atoms with Gasteiger partial charge in [0.05, 0.1) is 10.6 Å². The van der Waals surface area contributed by atoms with Crippen LogP contribution in [0.25, 0.3) is 0 Å². The van der Waals surface area contributed by atoms with Crippen LogP contribution in [0, 0.1) is 5.82 Å². The van der Waals surface area contributed by atoms with Crippen LogP contribution in [0.1, 0.15) is 23.7 Å². The largest absolute Gasteiger partial charge is 0.351 e. The Balaban J connectivity index is 0.00000289. The highest BCUT2D eigenvalue weighted by atomic mass is 35.5. The summed E-state index contributed by atoms with van der Waals surface area (Å²) in [7, 11) is 0. The number of carbonyl (C=O) groups is 1. The van der Waals surface area contributed by atoms with Crippen molar-refractivity contribution < 1.29 is 9.18 Å². The van der Waals surface area contributed by atoms with E-state index in [9.17, 15) is 9.18 Å². The number of hydrogen-bond acceptors (Lipinski definition) is 2. The predicted octanol–water partition coefficient (Wildman–Crippen LogP) is 2.63. The number of carbonyl (C=O) groups excluding carboxylic acids is 1. The summed E-state index contributed by atoms with van der Waals surface area (Å²) in [5.74, 6) is -0.934. The van der Waals surface area contributed by atoms with E-state index in [0.29, 0.717) is 13.1 Å². The Labute approximate surface area is 118 Å². The van der Waals surface area contributed by atoms with Gasteiger partial charge in [-0.15, -0.1) is 12.4 Å². The molecule has 1 rings (SSSR count). The van der Waals surface area contributed by atoms with Crippen LogP contribution < -0.4 is 10.6 Å². The van der Waals surface area contributed by atoms with E-state index in [1.54, 1.807) is 0 Å². The van der Waals surface area contributed by atoms with Gasteiger partial charge in [0.25, 0.3) is 5.91 Å². The number of nitrogens with one attached hydrogen (secondary N) is 2.